The molecule has 0 aromatic heterocycles. The van der Waals surface area contributed by atoms with Gasteiger partial charge in [-0.15, -0.1) is 0 Å². The largest absolute Gasteiger partial charge is 0.388 e. The maximum atomic E-state index is 12.0. The van der Waals surface area contributed by atoms with E-state index >= 15 is 0 Å². The summed E-state index contributed by atoms with van der Waals surface area (Å²) in [5, 5.41) is 16.1. The van der Waals surface area contributed by atoms with Crippen LogP contribution in [0.2, 0.25) is 0 Å². The molecule has 0 aromatic carbocycles. The molecule has 2 aliphatic rings. The minimum atomic E-state index is -0.688. The van der Waals surface area contributed by atoms with E-state index in [0.717, 1.165) is 51.9 Å². The van der Waals surface area contributed by atoms with Gasteiger partial charge in [-0.3, -0.25) is 4.90 Å². The Morgan fingerprint density at radius 3 is 2.30 bits per heavy atom. The molecule has 134 valence electrons. The summed E-state index contributed by atoms with van der Waals surface area (Å²) in [6.45, 7) is 9.73. The van der Waals surface area contributed by atoms with Crippen molar-refractivity contribution < 1.29 is 9.90 Å². The van der Waals surface area contributed by atoms with Crippen molar-refractivity contribution in [3.63, 3.8) is 0 Å². The van der Waals surface area contributed by atoms with E-state index in [-0.39, 0.29) is 6.03 Å². The third kappa shape index (κ3) is 5.62. The van der Waals surface area contributed by atoms with Crippen LogP contribution in [0.1, 0.15) is 39.5 Å². The van der Waals surface area contributed by atoms with Gasteiger partial charge in [0.15, 0.2) is 0 Å². The predicted octanol–water partition coefficient (Wildman–Crippen LogP) is 0.863. The van der Waals surface area contributed by atoms with Crippen molar-refractivity contribution in [3.05, 3.63) is 0 Å². The molecule has 1 saturated heterocycles. The summed E-state index contributed by atoms with van der Waals surface area (Å²) in [7, 11) is 2.15. The minimum absolute atomic E-state index is 0.162. The van der Waals surface area contributed by atoms with Gasteiger partial charge in [-0.25, -0.2) is 4.79 Å². The minimum Gasteiger partial charge on any atom is -0.388 e. The van der Waals surface area contributed by atoms with Crippen LogP contribution in [-0.4, -0.2) is 78.9 Å². The lowest BCUT2D eigenvalue weighted by molar-refractivity contribution is 0.0498. The van der Waals surface area contributed by atoms with E-state index in [1.165, 1.54) is 0 Å². The van der Waals surface area contributed by atoms with Gasteiger partial charge in [0.05, 0.1) is 5.60 Å². The average molecular weight is 326 g/mol. The zero-order valence-corrected chi connectivity index (χ0v) is 15.0. The third-order valence-electron chi connectivity index (χ3n) is 5.36. The van der Waals surface area contributed by atoms with Gasteiger partial charge in [0.25, 0.3) is 0 Å². The summed E-state index contributed by atoms with van der Waals surface area (Å²) in [6, 6.07) is 0.203. The molecule has 1 atom stereocenters. The van der Waals surface area contributed by atoms with Gasteiger partial charge in [0, 0.05) is 45.3 Å². The molecule has 23 heavy (non-hydrogen) atoms. The van der Waals surface area contributed by atoms with Gasteiger partial charge in [0.2, 0.25) is 0 Å². The van der Waals surface area contributed by atoms with Crippen LogP contribution >= 0.6 is 0 Å². The Hall–Kier alpha value is -0.850. The number of hydrogen-bond acceptors (Lipinski definition) is 4. The van der Waals surface area contributed by atoms with Crippen molar-refractivity contribution in [1.29, 1.82) is 0 Å². The molecule has 3 N–H and O–H groups in total. The first-order valence-electron chi connectivity index (χ1n) is 9.06. The van der Waals surface area contributed by atoms with E-state index < -0.39 is 5.60 Å². The van der Waals surface area contributed by atoms with E-state index in [0.29, 0.717) is 25.0 Å². The number of amides is 2. The Kier molecular flexibility index (Phi) is 6.68. The highest BCUT2D eigenvalue weighted by atomic mass is 16.3. The number of urea groups is 1. The Bertz CT molecular complexity index is 375. The maximum absolute atomic E-state index is 12.0. The standard InChI is InChI=1S/C17H34N4O2/c1-14(2)15(21-10-8-20(3)9-11-21)12-18-16(22)19-13-17(23)6-4-5-7-17/h14-15,23H,4-13H2,1-3H3,(H2,18,19,22). The molecule has 1 unspecified atom stereocenters. The van der Waals surface area contributed by atoms with Crippen molar-refractivity contribution >= 4 is 6.03 Å². The van der Waals surface area contributed by atoms with Crippen LogP contribution in [0.25, 0.3) is 0 Å². The number of likely N-dealkylation sites (N-methyl/N-ethyl adjacent to an activating group) is 1. The first-order chi connectivity index (χ1) is 10.9. The molecular formula is C17H34N4O2. The lowest BCUT2D eigenvalue weighted by Gasteiger charge is -2.40. The van der Waals surface area contributed by atoms with Crippen molar-refractivity contribution in [2.45, 2.75) is 51.2 Å². The summed E-state index contributed by atoms with van der Waals surface area (Å²) in [5.41, 5.74) is -0.688. The third-order valence-corrected chi connectivity index (χ3v) is 5.36. The van der Waals surface area contributed by atoms with Crippen LogP contribution in [0.15, 0.2) is 0 Å². The number of rotatable bonds is 6. The SMILES string of the molecule is CC(C)C(CNC(=O)NCC1(O)CCCC1)N1CCN(C)CC1. The van der Waals surface area contributed by atoms with E-state index in [1.54, 1.807) is 0 Å². The van der Waals surface area contributed by atoms with E-state index in [4.69, 9.17) is 0 Å². The fourth-order valence-corrected chi connectivity index (χ4v) is 3.65. The highest BCUT2D eigenvalue weighted by Crippen LogP contribution is 2.28. The Labute approximate surface area is 140 Å². The zero-order chi connectivity index (χ0) is 16.9. The van der Waals surface area contributed by atoms with E-state index in [9.17, 15) is 9.90 Å². The van der Waals surface area contributed by atoms with Gasteiger partial charge in [-0.2, -0.15) is 0 Å². The number of nitrogens with one attached hydrogen (secondary N) is 2. The van der Waals surface area contributed by atoms with Gasteiger partial charge in [0.1, 0.15) is 0 Å². The number of hydrogen-bond donors (Lipinski definition) is 3. The average Bonchev–Trinajstić information content (AvgIpc) is 2.94. The monoisotopic (exact) mass is 326 g/mol. The highest BCUT2D eigenvalue weighted by Gasteiger charge is 2.31. The second-order valence-corrected chi connectivity index (χ2v) is 7.65. The molecule has 0 bridgehead atoms. The zero-order valence-electron chi connectivity index (χ0n) is 15.0. The fourth-order valence-electron chi connectivity index (χ4n) is 3.65. The van der Waals surface area contributed by atoms with Crippen molar-refractivity contribution in [2.24, 2.45) is 5.92 Å². The lowest BCUT2D eigenvalue weighted by Crippen LogP contribution is -2.55. The molecule has 1 saturated carbocycles. The Morgan fingerprint density at radius 2 is 1.74 bits per heavy atom. The van der Waals surface area contributed by atoms with Crippen LogP contribution in [-0.2, 0) is 0 Å². The van der Waals surface area contributed by atoms with Gasteiger partial charge in [-0.05, 0) is 25.8 Å². The quantitative estimate of drug-likeness (QED) is 0.677. The van der Waals surface area contributed by atoms with Crippen LogP contribution in [0, 0.1) is 5.92 Å². The molecule has 0 radical (unpaired) electrons. The molecule has 0 spiro atoms. The first-order valence-corrected chi connectivity index (χ1v) is 9.06. The molecule has 1 aliphatic carbocycles. The normalized spacial score (nSPS) is 23.9. The number of carbonyl (C=O) groups is 1. The molecule has 6 nitrogen and oxygen atoms in total. The topological polar surface area (TPSA) is 67.8 Å². The summed E-state index contributed by atoms with van der Waals surface area (Å²) >= 11 is 0. The molecule has 2 rings (SSSR count). The Balaban J connectivity index is 1.73. The summed E-state index contributed by atoms with van der Waals surface area (Å²) < 4.78 is 0. The van der Waals surface area contributed by atoms with Crippen molar-refractivity contribution in [1.82, 2.24) is 20.4 Å². The smallest absolute Gasteiger partial charge is 0.314 e. The molecule has 2 fully saturated rings. The predicted molar refractivity (Wildman–Crippen MR) is 92.5 cm³/mol. The molecule has 2 amide bonds. The lowest BCUT2D eigenvalue weighted by atomic mass is 10.0. The van der Waals surface area contributed by atoms with Gasteiger partial charge in [-0.1, -0.05) is 26.7 Å². The maximum Gasteiger partial charge on any atom is 0.314 e. The fraction of sp³-hybridized carbons (Fsp3) is 0.941. The van der Waals surface area contributed by atoms with Crippen molar-refractivity contribution in [2.75, 3.05) is 46.3 Å². The van der Waals surface area contributed by atoms with Crippen LogP contribution in [0.3, 0.4) is 0 Å². The summed E-state index contributed by atoms with van der Waals surface area (Å²) in [5.74, 6) is 0.498. The highest BCUT2D eigenvalue weighted by molar-refractivity contribution is 5.73. The molecule has 1 heterocycles. The number of carbonyl (C=O) groups excluding carboxylic acids is 1. The second kappa shape index (κ2) is 8.31. The molecular weight excluding hydrogens is 292 g/mol. The van der Waals surface area contributed by atoms with Crippen LogP contribution in [0.4, 0.5) is 4.79 Å². The van der Waals surface area contributed by atoms with Crippen LogP contribution < -0.4 is 10.6 Å². The molecule has 6 heteroatoms. The van der Waals surface area contributed by atoms with Gasteiger partial charge < -0.3 is 20.6 Å². The van der Waals surface area contributed by atoms with Crippen molar-refractivity contribution in [3.8, 4) is 0 Å². The number of piperazine rings is 1. The summed E-state index contributed by atoms with van der Waals surface area (Å²) in [4.78, 5) is 16.9. The summed E-state index contributed by atoms with van der Waals surface area (Å²) in [6.07, 6.45) is 3.70. The number of aliphatic hydroxyl groups is 1. The first kappa shape index (κ1) is 18.5. The van der Waals surface area contributed by atoms with E-state index in [2.05, 4.69) is 41.3 Å². The Morgan fingerprint density at radius 1 is 1.13 bits per heavy atom. The van der Waals surface area contributed by atoms with Gasteiger partial charge >= 0.3 is 6.03 Å². The van der Waals surface area contributed by atoms with Crippen LogP contribution in [0.5, 0.6) is 0 Å². The molecule has 0 aromatic rings. The molecule has 1 aliphatic heterocycles. The second-order valence-electron chi connectivity index (χ2n) is 7.65. The van der Waals surface area contributed by atoms with E-state index in [1.807, 2.05) is 0 Å². The number of nitrogens with zero attached hydrogens (tertiary/aromatic N) is 2.